The summed E-state index contributed by atoms with van der Waals surface area (Å²) >= 11 is 7.69. The van der Waals surface area contributed by atoms with E-state index in [1.54, 1.807) is 46.4 Å². The van der Waals surface area contributed by atoms with E-state index in [0.717, 1.165) is 4.88 Å². The summed E-state index contributed by atoms with van der Waals surface area (Å²) < 4.78 is 1.58. The van der Waals surface area contributed by atoms with Gasteiger partial charge in [0.2, 0.25) is 5.91 Å². The number of anilines is 1. The maximum absolute atomic E-state index is 12.8. The first-order valence-electron chi connectivity index (χ1n) is 8.76. The Kier molecular flexibility index (Phi) is 5.17. The van der Waals surface area contributed by atoms with Crippen LogP contribution in [0.2, 0.25) is 5.02 Å². The van der Waals surface area contributed by atoms with Crippen molar-refractivity contribution in [1.82, 2.24) is 20.4 Å². The van der Waals surface area contributed by atoms with Gasteiger partial charge in [-0.15, -0.1) is 11.3 Å². The smallest absolute Gasteiger partial charge is 0.258 e. The lowest BCUT2D eigenvalue weighted by molar-refractivity contribution is -0.125. The molecule has 2 unspecified atom stereocenters. The molecule has 1 aromatic carbocycles. The van der Waals surface area contributed by atoms with Gasteiger partial charge in [0.05, 0.1) is 15.5 Å². The molecule has 7 nitrogen and oxygen atoms in total. The molecule has 0 aliphatic carbocycles. The third kappa shape index (κ3) is 3.80. The highest BCUT2D eigenvalue weighted by molar-refractivity contribution is 7.13. The highest BCUT2D eigenvalue weighted by Gasteiger charge is 2.27. The standard InChI is InChI=1S/C19H18ClN5O2S/c1-11-9-17(26)23-19(21-11)25-16(10-14(24-25)15-7-4-8-28-15)22-18(27)12-5-2-3-6-13(12)20/h2-8,10-11,19,21H,9H2,1H3,(H,22,27)(H,23,26). The van der Waals surface area contributed by atoms with Gasteiger partial charge in [0.1, 0.15) is 11.5 Å². The predicted octanol–water partition coefficient (Wildman–Crippen LogP) is 3.47. The molecule has 28 heavy (non-hydrogen) atoms. The molecule has 9 heteroatoms. The third-order valence-electron chi connectivity index (χ3n) is 4.35. The molecule has 0 bridgehead atoms. The average Bonchev–Trinajstić information content (AvgIpc) is 3.30. The Hall–Kier alpha value is -2.68. The van der Waals surface area contributed by atoms with Gasteiger partial charge in [-0.05, 0) is 30.5 Å². The number of carbonyl (C=O) groups excluding carboxylic acids is 2. The molecule has 144 valence electrons. The first-order valence-corrected chi connectivity index (χ1v) is 10.0. The Balaban J connectivity index is 1.69. The van der Waals surface area contributed by atoms with Crippen molar-refractivity contribution < 1.29 is 9.59 Å². The molecular formula is C19H18ClN5O2S. The molecule has 1 fully saturated rings. The number of rotatable bonds is 4. The van der Waals surface area contributed by atoms with Gasteiger partial charge < -0.3 is 10.6 Å². The molecule has 2 amide bonds. The summed E-state index contributed by atoms with van der Waals surface area (Å²) in [5.74, 6) is 0.0349. The largest absolute Gasteiger partial charge is 0.322 e. The number of benzene rings is 1. The van der Waals surface area contributed by atoms with Crippen LogP contribution in [0.1, 0.15) is 30.0 Å². The zero-order valence-corrected chi connectivity index (χ0v) is 16.6. The van der Waals surface area contributed by atoms with E-state index in [0.29, 0.717) is 28.5 Å². The number of aromatic nitrogens is 2. The highest BCUT2D eigenvalue weighted by atomic mass is 35.5. The number of nitrogens with zero attached hydrogens (tertiary/aromatic N) is 2. The molecule has 4 rings (SSSR count). The second kappa shape index (κ2) is 7.75. The number of nitrogens with one attached hydrogen (secondary N) is 3. The van der Waals surface area contributed by atoms with E-state index in [1.165, 1.54) is 0 Å². The third-order valence-corrected chi connectivity index (χ3v) is 5.57. The van der Waals surface area contributed by atoms with Gasteiger partial charge in [0.25, 0.3) is 5.91 Å². The second-order valence-corrected chi connectivity index (χ2v) is 7.87. The summed E-state index contributed by atoms with van der Waals surface area (Å²) in [6.07, 6.45) is -0.178. The number of amides is 2. The first-order chi connectivity index (χ1) is 13.5. The lowest BCUT2D eigenvalue weighted by atomic mass is 10.2. The number of hydrogen-bond donors (Lipinski definition) is 3. The fourth-order valence-electron chi connectivity index (χ4n) is 3.05. The number of carbonyl (C=O) groups is 2. The van der Waals surface area contributed by atoms with Crippen molar-refractivity contribution >= 4 is 40.6 Å². The Morgan fingerprint density at radius 3 is 2.86 bits per heavy atom. The van der Waals surface area contributed by atoms with Gasteiger partial charge in [0, 0.05) is 18.5 Å². The van der Waals surface area contributed by atoms with Gasteiger partial charge in [-0.1, -0.05) is 29.8 Å². The zero-order valence-electron chi connectivity index (χ0n) is 15.0. The van der Waals surface area contributed by atoms with Gasteiger partial charge in [0.15, 0.2) is 6.29 Å². The predicted molar refractivity (Wildman–Crippen MR) is 109 cm³/mol. The van der Waals surface area contributed by atoms with Gasteiger partial charge in [-0.25, -0.2) is 4.68 Å². The van der Waals surface area contributed by atoms with Crippen molar-refractivity contribution in [2.24, 2.45) is 0 Å². The first kappa shape index (κ1) is 18.7. The van der Waals surface area contributed by atoms with Crippen LogP contribution in [0.3, 0.4) is 0 Å². The molecule has 0 saturated carbocycles. The van der Waals surface area contributed by atoms with Crippen molar-refractivity contribution in [1.29, 1.82) is 0 Å². The lowest BCUT2D eigenvalue weighted by Crippen LogP contribution is -2.52. The van der Waals surface area contributed by atoms with Gasteiger partial charge in [-0.3, -0.25) is 14.9 Å². The average molecular weight is 416 g/mol. The number of hydrogen-bond acceptors (Lipinski definition) is 5. The fourth-order valence-corrected chi connectivity index (χ4v) is 3.95. The summed E-state index contributed by atoms with van der Waals surface area (Å²) in [7, 11) is 0. The van der Waals surface area contributed by atoms with Crippen LogP contribution in [0.5, 0.6) is 0 Å². The van der Waals surface area contributed by atoms with E-state index in [9.17, 15) is 9.59 Å². The molecule has 2 atom stereocenters. The van der Waals surface area contributed by atoms with Crippen molar-refractivity contribution in [2.45, 2.75) is 25.7 Å². The van der Waals surface area contributed by atoms with Crippen molar-refractivity contribution in [2.75, 3.05) is 5.32 Å². The van der Waals surface area contributed by atoms with E-state index >= 15 is 0 Å². The monoisotopic (exact) mass is 415 g/mol. The summed E-state index contributed by atoms with van der Waals surface area (Å²) in [6, 6.07) is 12.5. The maximum Gasteiger partial charge on any atom is 0.258 e. The molecule has 1 aliphatic rings. The summed E-state index contributed by atoms with van der Waals surface area (Å²) in [5, 5.41) is 15.9. The van der Waals surface area contributed by atoms with Crippen LogP contribution < -0.4 is 16.0 Å². The minimum absolute atomic E-state index is 0.0137. The summed E-state index contributed by atoms with van der Waals surface area (Å²) in [4.78, 5) is 25.7. The molecule has 1 aliphatic heterocycles. The molecule has 0 radical (unpaired) electrons. The Morgan fingerprint density at radius 2 is 2.14 bits per heavy atom. The molecular weight excluding hydrogens is 398 g/mol. The molecule has 3 N–H and O–H groups in total. The minimum Gasteiger partial charge on any atom is -0.322 e. The summed E-state index contributed by atoms with van der Waals surface area (Å²) in [6.45, 7) is 1.93. The van der Waals surface area contributed by atoms with Crippen molar-refractivity contribution in [3.05, 3.63) is 58.4 Å². The topological polar surface area (TPSA) is 88.1 Å². The molecule has 3 aromatic rings. The number of thiophene rings is 1. The molecule has 1 saturated heterocycles. The van der Waals surface area contributed by atoms with Gasteiger partial charge >= 0.3 is 0 Å². The van der Waals surface area contributed by atoms with Gasteiger partial charge in [-0.2, -0.15) is 5.10 Å². The molecule has 3 heterocycles. The van der Waals surface area contributed by atoms with E-state index in [-0.39, 0.29) is 17.9 Å². The Bertz CT molecular complexity index is 1020. The van der Waals surface area contributed by atoms with Crippen LogP contribution in [-0.4, -0.2) is 27.6 Å². The van der Waals surface area contributed by atoms with E-state index < -0.39 is 6.29 Å². The minimum atomic E-state index is -0.563. The zero-order chi connectivity index (χ0) is 19.7. The maximum atomic E-state index is 12.8. The highest BCUT2D eigenvalue weighted by Crippen LogP contribution is 2.28. The normalized spacial score (nSPS) is 19.3. The number of halogens is 1. The quantitative estimate of drug-likeness (QED) is 0.608. The van der Waals surface area contributed by atoms with E-state index in [1.807, 2.05) is 24.4 Å². The van der Waals surface area contributed by atoms with E-state index in [4.69, 9.17) is 11.6 Å². The second-order valence-electron chi connectivity index (χ2n) is 6.51. The van der Waals surface area contributed by atoms with E-state index in [2.05, 4.69) is 21.0 Å². The Morgan fingerprint density at radius 1 is 1.32 bits per heavy atom. The Labute approximate surface area is 170 Å². The lowest BCUT2D eigenvalue weighted by Gasteiger charge is -2.30. The summed E-state index contributed by atoms with van der Waals surface area (Å²) in [5.41, 5.74) is 1.07. The van der Waals surface area contributed by atoms with Crippen LogP contribution in [-0.2, 0) is 4.79 Å². The van der Waals surface area contributed by atoms with Crippen LogP contribution in [0.4, 0.5) is 5.82 Å². The van der Waals surface area contributed by atoms with Crippen LogP contribution in [0, 0.1) is 0 Å². The van der Waals surface area contributed by atoms with Crippen molar-refractivity contribution in [3.63, 3.8) is 0 Å². The van der Waals surface area contributed by atoms with Crippen LogP contribution >= 0.6 is 22.9 Å². The molecule has 2 aromatic heterocycles. The fraction of sp³-hybridized carbons (Fsp3) is 0.211. The van der Waals surface area contributed by atoms with Crippen LogP contribution in [0.15, 0.2) is 47.8 Å². The molecule has 0 spiro atoms. The van der Waals surface area contributed by atoms with Crippen molar-refractivity contribution in [3.8, 4) is 10.6 Å². The van der Waals surface area contributed by atoms with Crippen LogP contribution in [0.25, 0.3) is 10.6 Å². The SMILES string of the molecule is CC1CC(=O)NC(n2nc(-c3cccs3)cc2NC(=O)c2ccccc2Cl)N1.